The number of pyridine rings is 1. The van der Waals surface area contributed by atoms with Crippen LogP contribution in [0.15, 0.2) is 41.2 Å². The quantitative estimate of drug-likeness (QED) is 0.641. The lowest BCUT2D eigenvalue weighted by atomic mass is 10.1. The molecule has 0 N–H and O–H groups in total. The average Bonchev–Trinajstić information content (AvgIpc) is 2.49. The fourth-order valence-corrected chi connectivity index (χ4v) is 2.25. The number of nitrogens with zero attached hydrogens (tertiary/aromatic N) is 3. The van der Waals surface area contributed by atoms with Gasteiger partial charge in [0.2, 0.25) is 0 Å². The van der Waals surface area contributed by atoms with Gasteiger partial charge >= 0.3 is 0 Å². The van der Waals surface area contributed by atoms with Crippen molar-refractivity contribution in [1.82, 2.24) is 4.57 Å². The van der Waals surface area contributed by atoms with E-state index in [9.17, 15) is 14.9 Å². The van der Waals surface area contributed by atoms with Crippen molar-refractivity contribution in [3.63, 3.8) is 0 Å². The molecule has 1 aromatic heterocycles. The van der Waals surface area contributed by atoms with Crippen LogP contribution in [0.25, 0.3) is 0 Å². The number of benzene rings is 1. The summed E-state index contributed by atoms with van der Waals surface area (Å²) in [4.78, 5) is 22.5. The van der Waals surface area contributed by atoms with Gasteiger partial charge in [0, 0.05) is 17.8 Å². The summed E-state index contributed by atoms with van der Waals surface area (Å²) in [6, 6.07) is 11.2. The first-order valence-electron chi connectivity index (χ1n) is 6.81. The van der Waals surface area contributed by atoms with Gasteiger partial charge in [0.1, 0.15) is 11.6 Å². The van der Waals surface area contributed by atoms with Crippen molar-refractivity contribution in [3.8, 4) is 6.07 Å². The number of aromatic nitrogens is 1. The number of rotatable bonds is 4. The van der Waals surface area contributed by atoms with E-state index >= 15 is 0 Å². The van der Waals surface area contributed by atoms with Crippen LogP contribution in [0.5, 0.6) is 0 Å². The zero-order valence-corrected chi connectivity index (χ0v) is 12.3. The van der Waals surface area contributed by atoms with Crippen LogP contribution < -0.4 is 5.56 Å². The Balaban J connectivity index is 2.46. The monoisotopic (exact) mass is 297 g/mol. The molecule has 112 valence electrons. The van der Waals surface area contributed by atoms with E-state index in [-0.39, 0.29) is 29.3 Å². The Labute approximate surface area is 127 Å². The largest absolute Gasteiger partial charge is 0.307 e. The van der Waals surface area contributed by atoms with Gasteiger partial charge in [-0.25, -0.2) is 0 Å². The maximum atomic E-state index is 12.3. The molecule has 0 spiro atoms. The van der Waals surface area contributed by atoms with Gasteiger partial charge in [0.15, 0.2) is 0 Å². The van der Waals surface area contributed by atoms with Gasteiger partial charge in [-0.3, -0.25) is 14.9 Å². The Morgan fingerprint density at radius 3 is 2.36 bits per heavy atom. The second kappa shape index (κ2) is 6.22. The fourth-order valence-electron chi connectivity index (χ4n) is 2.25. The SMILES string of the molecule is CC(C)c1ccc(C#N)c(=O)n1Cc1ccc([N+](=O)[O-])cc1. The molecule has 6 heteroatoms. The normalized spacial score (nSPS) is 10.5. The van der Waals surface area contributed by atoms with Crippen LogP contribution in [0, 0.1) is 21.4 Å². The summed E-state index contributed by atoms with van der Waals surface area (Å²) in [7, 11) is 0. The van der Waals surface area contributed by atoms with Crippen molar-refractivity contribution < 1.29 is 4.92 Å². The first kappa shape index (κ1) is 15.4. The lowest BCUT2D eigenvalue weighted by molar-refractivity contribution is -0.384. The third kappa shape index (κ3) is 3.04. The third-order valence-corrected chi connectivity index (χ3v) is 3.41. The van der Waals surface area contributed by atoms with E-state index in [1.54, 1.807) is 22.8 Å². The van der Waals surface area contributed by atoms with Crippen molar-refractivity contribution in [3.05, 3.63) is 73.7 Å². The predicted molar refractivity (Wildman–Crippen MR) is 81.7 cm³/mol. The number of non-ortho nitro benzene ring substituents is 1. The lowest BCUT2D eigenvalue weighted by Crippen LogP contribution is -2.26. The summed E-state index contributed by atoms with van der Waals surface area (Å²) in [5.41, 5.74) is 1.34. The van der Waals surface area contributed by atoms with Crippen LogP contribution in [-0.2, 0) is 6.54 Å². The zero-order valence-electron chi connectivity index (χ0n) is 12.3. The average molecular weight is 297 g/mol. The molecule has 0 unspecified atom stereocenters. The van der Waals surface area contributed by atoms with Crippen molar-refractivity contribution in [2.24, 2.45) is 0 Å². The van der Waals surface area contributed by atoms with E-state index < -0.39 is 4.92 Å². The van der Waals surface area contributed by atoms with Gasteiger partial charge in [-0.05, 0) is 23.6 Å². The molecule has 6 nitrogen and oxygen atoms in total. The highest BCUT2D eigenvalue weighted by Gasteiger charge is 2.12. The van der Waals surface area contributed by atoms with E-state index in [2.05, 4.69) is 0 Å². The second-order valence-electron chi connectivity index (χ2n) is 5.25. The van der Waals surface area contributed by atoms with Crippen molar-refractivity contribution >= 4 is 5.69 Å². The van der Waals surface area contributed by atoms with E-state index in [0.29, 0.717) is 0 Å². The standard InChI is InChI=1S/C16H15N3O3/c1-11(2)15-8-5-13(9-17)16(20)18(15)10-12-3-6-14(7-4-12)19(21)22/h3-8,11H,10H2,1-2H3. The first-order chi connectivity index (χ1) is 10.4. The van der Waals surface area contributed by atoms with Gasteiger partial charge in [0.05, 0.1) is 11.5 Å². The maximum Gasteiger partial charge on any atom is 0.269 e. The highest BCUT2D eigenvalue weighted by atomic mass is 16.6. The molecule has 0 aliphatic carbocycles. The topological polar surface area (TPSA) is 88.9 Å². The van der Waals surface area contributed by atoms with Crippen LogP contribution in [-0.4, -0.2) is 9.49 Å². The molecule has 0 saturated carbocycles. The number of nitriles is 1. The van der Waals surface area contributed by atoms with Crippen molar-refractivity contribution in [2.45, 2.75) is 26.3 Å². The van der Waals surface area contributed by atoms with Gasteiger partial charge in [-0.2, -0.15) is 5.26 Å². The Hall–Kier alpha value is -2.94. The molecule has 0 radical (unpaired) electrons. The van der Waals surface area contributed by atoms with E-state index in [1.165, 1.54) is 18.2 Å². The van der Waals surface area contributed by atoms with Crippen LogP contribution in [0.3, 0.4) is 0 Å². The van der Waals surface area contributed by atoms with Gasteiger partial charge < -0.3 is 4.57 Å². The summed E-state index contributed by atoms with van der Waals surface area (Å²) < 4.78 is 1.55. The zero-order chi connectivity index (χ0) is 16.3. The molecule has 0 aliphatic rings. The molecule has 22 heavy (non-hydrogen) atoms. The number of nitro groups is 1. The van der Waals surface area contributed by atoms with Crippen LogP contribution >= 0.6 is 0 Å². The predicted octanol–water partition coefficient (Wildman–Crippen LogP) is 2.80. The molecular weight excluding hydrogens is 282 g/mol. The van der Waals surface area contributed by atoms with Gasteiger partial charge in [0.25, 0.3) is 11.2 Å². The smallest absolute Gasteiger partial charge is 0.269 e. The minimum absolute atomic E-state index is 0.00551. The van der Waals surface area contributed by atoms with Gasteiger partial charge in [-0.15, -0.1) is 0 Å². The fraction of sp³-hybridized carbons (Fsp3) is 0.250. The molecule has 0 bridgehead atoms. The highest BCUT2D eigenvalue weighted by molar-refractivity contribution is 5.34. The van der Waals surface area contributed by atoms with E-state index in [4.69, 9.17) is 5.26 Å². The molecule has 0 amide bonds. The molecule has 1 aromatic carbocycles. The van der Waals surface area contributed by atoms with Crippen LogP contribution in [0.2, 0.25) is 0 Å². The van der Waals surface area contributed by atoms with Crippen molar-refractivity contribution in [1.29, 1.82) is 5.26 Å². The number of hydrogen-bond donors (Lipinski definition) is 0. The Kier molecular flexibility index (Phi) is 4.37. The summed E-state index contributed by atoms with van der Waals surface area (Å²) in [5.74, 6) is 0.124. The molecule has 0 saturated heterocycles. The highest BCUT2D eigenvalue weighted by Crippen LogP contribution is 2.16. The number of hydrogen-bond acceptors (Lipinski definition) is 4. The molecule has 2 aromatic rings. The Morgan fingerprint density at radius 1 is 1.23 bits per heavy atom. The minimum Gasteiger partial charge on any atom is -0.307 e. The van der Waals surface area contributed by atoms with Gasteiger partial charge in [-0.1, -0.05) is 26.0 Å². The maximum absolute atomic E-state index is 12.3. The molecule has 0 aliphatic heterocycles. The summed E-state index contributed by atoms with van der Waals surface area (Å²) in [6.07, 6.45) is 0. The third-order valence-electron chi connectivity index (χ3n) is 3.41. The molecule has 0 fully saturated rings. The summed E-state index contributed by atoms with van der Waals surface area (Å²) >= 11 is 0. The first-order valence-corrected chi connectivity index (χ1v) is 6.81. The summed E-state index contributed by atoms with van der Waals surface area (Å²) in [5, 5.41) is 19.7. The number of nitro benzene ring substituents is 1. The molecular formula is C16H15N3O3. The second-order valence-corrected chi connectivity index (χ2v) is 5.25. The van der Waals surface area contributed by atoms with E-state index in [0.717, 1.165) is 11.3 Å². The molecule has 2 rings (SSSR count). The van der Waals surface area contributed by atoms with E-state index in [1.807, 2.05) is 19.9 Å². The summed E-state index contributed by atoms with van der Waals surface area (Å²) in [6.45, 7) is 4.21. The lowest BCUT2D eigenvalue weighted by Gasteiger charge is -2.16. The van der Waals surface area contributed by atoms with Crippen LogP contribution in [0.4, 0.5) is 5.69 Å². The molecule has 1 heterocycles. The Bertz CT molecular complexity index is 799. The molecule has 0 atom stereocenters. The Morgan fingerprint density at radius 2 is 1.86 bits per heavy atom. The van der Waals surface area contributed by atoms with Crippen molar-refractivity contribution in [2.75, 3.05) is 0 Å². The minimum atomic E-state index is -0.466. The van der Waals surface area contributed by atoms with Crippen LogP contribution in [0.1, 0.15) is 36.6 Å².